The highest BCUT2D eigenvalue weighted by Gasteiger charge is 2.38. The van der Waals surface area contributed by atoms with E-state index in [2.05, 4.69) is 28.9 Å². The molecule has 0 radical (unpaired) electrons. The minimum atomic E-state index is 0.459. The summed E-state index contributed by atoms with van der Waals surface area (Å²) in [6.07, 6.45) is 4.66. The van der Waals surface area contributed by atoms with Gasteiger partial charge in [-0.05, 0) is 25.0 Å². The van der Waals surface area contributed by atoms with Crippen molar-refractivity contribution >= 4 is 5.69 Å². The summed E-state index contributed by atoms with van der Waals surface area (Å²) in [7, 11) is 0. The molecule has 2 aliphatic rings. The van der Waals surface area contributed by atoms with Crippen LogP contribution < -0.4 is 4.90 Å². The van der Waals surface area contributed by atoms with Gasteiger partial charge in [-0.2, -0.15) is 0 Å². The number of nitrogens with zero attached hydrogens (tertiary/aromatic N) is 2. The van der Waals surface area contributed by atoms with Crippen LogP contribution in [0.15, 0.2) is 18.3 Å². The lowest BCUT2D eigenvalue weighted by Crippen LogP contribution is -2.36. The fourth-order valence-electron chi connectivity index (χ4n) is 2.51. The largest absolute Gasteiger partial charge is 0.374 e. The maximum absolute atomic E-state index is 5.59. The summed E-state index contributed by atoms with van der Waals surface area (Å²) >= 11 is 0. The summed E-state index contributed by atoms with van der Waals surface area (Å²) in [5.74, 6) is 0. The highest BCUT2D eigenvalue weighted by atomic mass is 16.5. The number of pyridine rings is 1. The first-order valence-electron chi connectivity index (χ1n) is 5.70. The maximum atomic E-state index is 5.59. The van der Waals surface area contributed by atoms with E-state index in [1.807, 2.05) is 6.20 Å². The number of aromatic nitrogens is 1. The predicted octanol–water partition coefficient (Wildman–Crippen LogP) is 1.62. The van der Waals surface area contributed by atoms with Gasteiger partial charge in [-0.25, -0.2) is 0 Å². The number of hydrogen-bond acceptors (Lipinski definition) is 3. The van der Waals surface area contributed by atoms with Crippen molar-refractivity contribution in [1.82, 2.24) is 4.98 Å². The Balaban J connectivity index is 1.81. The monoisotopic (exact) mass is 204 g/mol. The average molecular weight is 204 g/mol. The van der Waals surface area contributed by atoms with Crippen LogP contribution >= 0.6 is 0 Å². The summed E-state index contributed by atoms with van der Waals surface area (Å²) in [6, 6.07) is 4.90. The fourth-order valence-corrected chi connectivity index (χ4v) is 2.51. The molecule has 3 rings (SSSR count). The summed E-state index contributed by atoms with van der Waals surface area (Å²) < 4.78 is 5.59. The van der Waals surface area contributed by atoms with Gasteiger partial charge in [0.05, 0.1) is 30.6 Å². The second-order valence-electron chi connectivity index (χ2n) is 4.36. The molecule has 0 N–H and O–H groups in total. The van der Waals surface area contributed by atoms with Crippen molar-refractivity contribution in [3.05, 3.63) is 24.0 Å². The van der Waals surface area contributed by atoms with E-state index in [1.165, 1.54) is 17.8 Å². The van der Waals surface area contributed by atoms with Gasteiger partial charge in [0.15, 0.2) is 0 Å². The molecular weight excluding hydrogens is 188 g/mol. The minimum Gasteiger partial charge on any atom is -0.374 e. The molecule has 0 aromatic carbocycles. The van der Waals surface area contributed by atoms with Crippen molar-refractivity contribution < 1.29 is 4.74 Å². The molecule has 0 spiro atoms. The summed E-state index contributed by atoms with van der Waals surface area (Å²) in [6.45, 7) is 4.06. The highest BCUT2D eigenvalue weighted by molar-refractivity contribution is 5.48. The molecular formula is C12H16N2O. The molecule has 2 fully saturated rings. The van der Waals surface area contributed by atoms with Gasteiger partial charge >= 0.3 is 0 Å². The first kappa shape index (κ1) is 9.16. The molecule has 3 nitrogen and oxygen atoms in total. The van der Waals surface area contributed by atoms with E-state index in [-0.39, 0.29) is 0 Å². The molecule has 80 valence electrons. The Bertz CT molecular complexity index is 349. The molecule has 0 aliphatic carbocycles. The highest BCUT2D eigenvalue weighted by Crippen LogP contribution is 2.31. The zero-order valence-electron chi connectivity index (χ0n) is 9.02. The third kappa shape index (κ3) is 1.51. The van der Waals surface area contributed by atoms with Crippen molar-refractivity contribution in [2.75, 3.05) is 18.1 Å². The Labute approximate surface area is 90.1 Å². The van der Waals surface area contributed by atoms with E-state index in [0.717, 1.165) is 19.6 Å². The molecule has 2 aliphatic heterocycles. The molecule has 0 saturated carbocycles. The number of anilines is 1. The van der Waals surface area contributed by atoms with E-state index in [1.54, 1.807) is 0 Å². The Kier molecular flexibility index (Phi) is 2.13. The van der Waals surface area contributed by atoms with Gasteiger partial charge in [0, 0.05) is 12.2 Å². The van der Waals surface area contributed by atoms with Crippen LogP contribution in [-0.4, -0.2) is 30.3 Å². The molecule has 3 heterocycles. The van der Waals surface area contributed by atoms with Crippen molar-refractivity contribution in [1.29, 1.82) is 0 Å². The first-order valence-corrected chi connectivity index (χ1v) is 5.70. The summed E-state index contributed by atoms with van der Waals surface area (Å²) in [4.78, 5) is 6.87. The number of aryl methyl sites for hydroxylation is 1. The van der Waals surface area contributed by atoms with Gasteiger partial charge in [0.1, 0.15) is 0 Å². The normalized spacial score (nSPS) is 28.7. The van der Waals surface area contributed by atoms with Gasteiger partial charge in [-0.3, -0.25) is 4.98 Å². The van der Waals surface area contributed by atoms with Crippen LogP contribution in [0.4, 0.5) is 5.69 Å². The molecule has 15 heavy (non-hydrogen) atoms. The predicted molar refractivity (Wildman–Crippen MR) is 59.1 cm³/mol. The molecule has 1 aromatic heterocycles. The van der Waals surface area contributed by atoms with Gasteiger partial charge in [-0.15, -0.1) is 0 Å². The molecule has 0 unspecified atom stereocenters. The second kappa shape index (κ2) is 3.49. The van der Waals surface area contributed by atoms with E-state index < -0.39 is 0 Å². The number of fused-ring (bicyclic) bond motifs is 2. The SMILES string of the molecule is CCc1ccc(N2C[C@@H]3C[C@H]2CO3)cn1. The van der Waals surface area contributed by atoms with E-state index in [0.29, 0.717) is 12.1 Å². The molecule has 2 atom stereocenters. The van der Waals surface area contributed by atoms with Crippen LogP contribution in [0.25, 0.3) is 0 Å². The Morgan fingerprint density at radius 3 is 3.00 bits per heavy atom. The zero-order valence-corrected chi connectivity index (χ0v) is 9.02. The average Bonchev–Trinajstić information content (AvgIpc) is 2.91. The zero-order chi connectivity index (χ0) is 10.3. The minimum absolute atomic E-state index is 0.459. The number of morpholine rings is 1. The summed E-state index contributed by atoms with van der Waals surface area (Å²) in [5.41, 5.74) is 2.42. The van der Waals surface area contributed by atoms with Crippen molar-refractivity contribution in [3.63, 3.8) is 0 Å². The first-order chi connectivity index (χ1) is 7.36. The van der Waals surface area contributed by atoms with E-state index >= 15 is 0 Å². The lowest BCUT2D eigenvalue weighted by atomic mass is 10.2. The molecule has 1 aromatic rings. The summed E-state index contributed by atoms with van der Waals surface area (Å²) in [5, 5.41) is 0. The third-order valence-corrected chi connectivity index (χ3v) is 3.40. The maximum Gasteiger partial charge on any atom is 0.0771 e. The lowest BCUT2D eigenvalue weighted by Gasteiger charge is -2.28. The van der Waals surface area contributed by atoms with Gasteiger partial charge in [-0.1, -0.05) is 6.92 Å². The van der Waals surface area contributed by atoms with Crippen LogP contribution in [0.2, 0.25) is 0 Å². The standard InChI is InChI=1S/C12H16N2O/c1-2-9-3-4-10(6-13-9)14-7-12-5-11(14)8-15-12/h3-4,6,11-12H,2,5,7-8H2,1H3/t11-,12-/m0/s1. The van der Waals surface area contributed by atoms with Crippen molar-refractivity contribution in [2.24, 2.45) is 0 Å². The molecule has 2 bridgehead atoms. The van der Waals surface area contributed by atoms with Gasteiger partial charge in [0.2, 0.25) is 0 Å². The van der Waals surface area contributed by atoms with Crippen LogP contribution in [0.3, 0.4) is 0 Å². The van der Waals surface area contributed by atoms with Gasteiger partial charge < -0.3 is 9.64 Å². The van der Waals surface area contributed by atoms with Crippen molar-refractivity contribution in [2.45, 2.75) is 31.9 Å². The Hall–Kier alpha value is -1.09. The Morgan fingerprint density at radius 1 is 1.53 bits per heavy atom. The van der Waals surface area contributed by atoms with Crippen LogP contribution in [0.1, 0.15) is 19.0 Å². The topological polar surface area (TPSA) is 25.4 Å². The fraction of sp³-hybridized carbons (Fsp3) is 0.583. The quantitative estimate of drug-likeness (QED) is 0.732. The van der Waals surface area contributed by atoms with Crippen molar-refractivity contribution in [3.8, 4) is 0 Å². The number of hydrogen-bond donors (Lipinski definition) is 0. The van der Waals surface area contributed by atoms with E-state index in [4.69, 9.17) is 4.74 Å². The van der Waals surface area contributed by atoms with Crippen LogP contribution in [-0.2, 0) is 11.2 Å². The number of ether oxygens (including phenoxy) is 1. The smallest absolute Gasteiger partial charge is 0.0771 e. The van der Waals surface area contributed by atoms with Crippen LogP contribution in [0, 0.1) is 0 Å². The second-order valence-corrected chi connectivity index (χ2v) is 4.36. The Morgan fingerprint density at radius 2 is 2.47 bits per heavy atom. The van der Waals surface area contributed by atoms with Crippen LogP contribution in [0.5, 0.6) is 0 Å². The lowest BCUT2D eigenvalue weighted by molar-refractivity contribution is 0.0991. The number of rotatable bonds is 2. The third-order valence-electron chi connectivity index (χ3n) is 3.40. The van der Waals surface area contributed by atoms with Gasteiger partial charge in [0.25, 0.3) is 0 Å². The van der Waals surface area contributed by atoms with E-state index in [9.17, 15) is 0 Å². The molecule has 2 saturated heterocycles. The molecule has 0 amide bonds. The molecule has 3 heteroatoms.